The number of anilines is 1. The largest absolute Gasteiger partial charge is 0.374 e. The summed E-state index contributed by atoms with van der Waals surface area (Å²) in [4.78, 5) is 2.25. The molecule has 0 heterocycles. The first-order valence-corrected chi connectivity index (χ1v) is 7.32. The highest BCUT2D eigenvalue weighted by Gasteiger charge is 2.08. The average molecular weight is 289 g/mol. The first-order chi connectivity index (χ1) is 9.70. The van der Waals surface area contributed by atoms with Gasteiger partial charge in [0.2, 0.25) is 0 Å². The van der Waals surface area contributed by atoms with E-state index in [4.69, 9.17) is 17.3 Å². The van der Waals surface area contributed by atoms with E-state index in [0.717, 1.165) is 24.4 Å². The van der Waals surface area contributed by atoms with Crippen molar-refractivity contribution in [2.24, 2.45) is 5.73 Å². The molecule has 0 aliphatic heterocycles. The Balaban J connectivity index is 2.08. The topological polar surface area (TPSA) is 29.3 Å². The van der Waals surface area contributed by atoms with E-state index < -0.39 is 0 Å². The number of nitrogens with two attached hydrogens (primary N) is 1. The molecular formula is C17H21ClN2. The minimum Gasteiger partial charge on any atom is -0.374 e. The summed E-state index contributed by atoms with van der Waals surface area (Å²) in [6, 6.07) is 16.5. The second-order valence-corrected chi connectivity index (χ2v) is 5.41. The Morgan fingerprint density at radius 1 is 1.05 bits per heavy atom. The number of halogens is 1. The lowest BCUT2D eigenvalue weighted by atomic mass is 10.1. The van der Waals surface area contributed by atoms with E-state index in [1.165, 1.54) is 16.8 Å². The van der Waals surface area contributed by atoms with Crippen LogP contribution in [0, 0.1) is 0 Å². The van der Waals surface area contributed by atoms with Crippen LogP contribution in [0.3, 0.4) is 0 Å². The maximum atomic E-state index is 6.12. The second-order valence-electron chi connectivity index (χ2n) is 4.97. The zero-order valence-corrected chi connectivity index (χ0v) is 12.6. The molecule has 0 amide bonds. The fourth-order valence-corrected chi connectivity index (χ4v) is 2.49. The van der Waals surface area contributed by atoms with Crippen LogP contribution in [0.25, 0.3) is 0 Å². The van der Waals surface area contributed by atoms with Gasteiger partial charge in [0.05, 0.1) is 0 Å². The third-order valence-corrected chi connectivity index (χ3v) is 3.69. The van der Waals surface area contributed by atoms with Gasteiger partial charge in [0.1, 0.15) is 0 Å². The fourth-order valence-electron chi connectivity index (χ4n) is 2.32. The standard InChI is InChI=1S/C17H21ClN2/c1-20(12-10-14-5-3-2-4-6-14)17-13-16(18)8-7-15(17)9-11-19/h2-8,13H,9-12,19H2,1H3. The van der Waals surface area contributed by atoms with Crippen molar-refractivity contribution in [3.63, 3.8) is 0 Å². The first kappa shape index (κ1) is 14.9. The zero-order chi connectivity index (χ0) is 14.4. The molecule has 2 nitrogen and oxygen atoms in total. The quantitative estimate of drug-likeness (QED) is 0.881. The van der Waals surface area contributed by atoms with Crippen molar-refractivity contribution >= 4 is 17.3 Å². The summed E-state index contributed by atoms with van der Waals surface area (Å²) >= 11 is 6.12. The molecule has 0 aliphatic carbocycles. The predicted octanol–water partition coefficient (Wildman–Crippen LogP) is 3.52. The highest BCUT2D eigenvalue weighted by Crippen LogP contribution is 2.24. The van der Waals surface area contributed by atoms with Gasteiger partial charge in [0.15, 0.2) is 0 Å². The van der Waals surface area contributed by atoms with E-state index in [0.29, 0.717) is 6.54 Å². The Morgan fingerprint density at radius 3 is 2.50 bits per heavy atom. The number of benzene rings is 2. The second kappa shape index (κ2) is 7.32. The smallest absolute Gasteiger partial charge is 0.0426 e. The van der Waals surface area contributed by atoms with Gasteiger partial charge in [-0.05, 0) is 42.6 Å². The van der Waals surface area contributed by atoms with Crippen molar-refractivity contribution < 1.29 is 0 Å². The maximum Gasteiger partial charge on any atom is 0.0426 e. The van der Waals surface area contributed by atoms with Gasteiger partial charge in [-0.3, -0.25) is 0 Å². The predicted molar refractivity (Wildman–Crippen MR) is 87.6 cm³/mol. The van der Waals surface area contributed by atoms with Gasteiger partial charge < -0.3 is 10.6 Å². The highest BCUT2D eigenvalue weighted by atomic mass is 35.5. The Bertz CT molecular complexity index is 540. The molecule has 0 aliphatic rings. The Hall–Kier alpha value is -1.51. The third-order valence-electron chi connectivity index (χ3n) is 3.45. The molecule has 2 N–H and O–H groups in total. The van der Waals surface area contributed by atoms with Crippen LogP contribution in [0.15, 0.2) is 48.5 Å². The van der Waals surface area contributed by atoms with Crippen molar-refractivity contribution in [1.29, 1.82) is 0 Å². The molecule has 0 fully saturated rings. The Labute approximate surface area is 126 Å². The number of hydrogen-bond acceptors (Lipinski definition) is 2. The van der Waals surface area contributed by atoms with Crippen LogP contribution in [0.5, 0.6) is 0 Å². The summed E-state index contributed by atoms with van der Waals surface area (Å²) in [6.07, 6.45) is 1.90. The number of rotatable bonds is 6. The molecule has 0 aromatic heterocycles. The molecule has 0 spiro atoms. The third kappa shape index (κ3) is 3.99. The summed E-state index contributed by atoms with van der Waals surface area (Å²) in [6.45, 7) is 1.61. The number of hydrogen-bond donors (Lipinski definition) is 1. The highest BCUT2D eigenvalue weighted by molar-refractivity contribution is 6.30. The van der Waals surface area contributed by atoms with E-state index in [9.17, 15) is 0 Å². The average Bonchev–Trinajstić information content (AvgIpc) is 2.48. The molecule has 3 heteroatoms. The minimum absolute atomic E-state index is 0.654. The van der Waals surface area contributed by atoms with Crippen LogP contribution < -0.4 is 10.6 Å². The normalized spacial score (nSPS) is 10.6. The zero-order valence-electron chi connectivity index (χ0n) is 11.8. The summed E-state index contributed by atoms with van der Waals surface area (Å²) in [7, 11) is 2.11. The molecule has 0 atom stereocenters. The monoisotopic (exact) mass is 288 g/mol. The van der Waals surface area contributed by atoms with Crippen LogP contribution >= 0.6 is 11.6 Å². The molecule has 0 unspecified atom stereocenters. The van der Waals surface area contributed by atoms with Gasteiger partial charge in [-0.25, -0.2) is 0 Å². The molecule has 0 bridgehead atoms. The molecule has 0 saturated heterocycles. The van der Waals surface area contributed by atoms with E-state index in [1.807, 2.05) is 18.2 Å². The van der Waals surface area contributed by atoms with Crippen molar-refractivity contribution in [2.75, 3.05) is 25.0 Å². The van der Waals surface area contributed by atoms with Gasteiger partial charge in [0, 0.05) is 24.3 Å². The summed E-state index contributed by atoms with van der Waals surface area (Å²) in [5.74, 6) is 0. The van der Waals surface area contributed by atoms with E-state index >= 15 is 0 Å². The van der Waals surface area contributed by atoms with Crippen molar-refractivity contribution in [1.82, 2.24) is 0 Å². The lowest BCUT2D eigenvalue weighted by Gasteiger charge is -2.23. The molecule has 20 heavy (non-hydrogen) atoms. The lowest BCUT2D eigenvalue weighted by Crippen LogP contribution is -2.22. The molecule has 2 aromatic carbocycles. The SMILES string of the molecule is CN(CCc1ccccc1)c1cc(Cl)ccc1CCN. The number of likely N-dealkylation sites (N-methyl/N-ethyl adjacent to an activating group) is 1. The van der Waals surface area contributed by atoms with E-state index in [-0.39, 0.29) is 0 Å². The molecular weight excluding hydrogens is 268 g/mol. The molecule has 0 saturated carbocycles. The Morgan fingerprint density at radius 2 is 1.80 bits per heavy atom. The van der Waals surface area contributed by atoms with Gasteiger partial charge in [-0.2, -0.15) is 0 Å². The van der Waals surface area contributed by atoms with Gasteiger partial charge in [-0.15, -0.1) is 0 Å². The van der Waals surface area contributed by atoms with Crippen LogP contribution in [0.2, 0.25) is 5.02 Å². The lowest BCUT2D eigenvalue weighted by molar-refractivity contribution is 0.861. The van der Waals surface area contributed by atoms with Crippen molar-refractivity contribution in [3.05, 3.63) is 64.7 Å². The van der Waals surface area contributed by atoms with Gasteiger partial charge in [-0.1, -0.05) is 48.0 Å². The van der Waals surface area contributed by atoms with Crippen molar-refractivity contribution in [2.45, 2.75) is 12.8 Å². The van der Waals surface area contributed by atoms with Crippen molar-refractivity contribution in [3.8, 4) is 0 Å². The Kier molecular flexibility index (Phi) is 5.45. The fraction of sp³-hybridized carbons (Fsp3) is 0.294. The summed E-state index contributed by atoms with van der Waals surface area (Å²) < 4.78 is 0. The van der Waals surface area contributed by atoms with Crippen LogP contribution in [0.1, 0.15) is 11.1 Å². The van der Waals surface area contributed by atoms with Gasteiger partial charge >= 0.3 is 0 Å². The first-order valence-electron chi connectivity index (χ1n) is 6.94. The van der Waals surface area contributed by atoms with Crippen LogP contribution in [-0.2, 0) is 12.8 Å². The summed E-state index contributed by atoms with van der Waals surface area (Å²) in [5.41, 5.74) is 9.47. The molecule has 2 aromatic rings. The van der Waals surface area contributed by atoms with E-state index in [2.05, 4.69) is 42.3 Å². The molecule has 106 valence electrons. The van der Waals surface area contributed by atoms with Crippen LogP contribution in [0.4, 0.5) is 5.69 Å². The maximum absolute atomic E-state index is 6.12. The molecule has 0 radical (unpaired) electrons. The van der Waals surface area contributed by atoms with Crippen LogP contribution in [-0.4, -0.2) is 20.1 Å². The summed E-state index contributed by atoms with van der Waals surface area (Å²) in [5, 5.41) is 0.771. The molecule has 2 rings (SSSR count). The minimum atomic E-state index is 0.654. The van der Waals surface area contributed by atoms with Gasteiger partial charge in [0.25, 0.3) is 0 Å². The van der Waals surface area contributed by atoms with E-state index in [1.54, 1.807) is 0 Å². The number of nitrogens with zero attached hydrogens (tertiary/aromatic N) is 1.